The van der Waals surface area contributed by atoms with Gasteiger partial charge in [-0.15, -0.1) is 0 Å². The third-order valence-electron chi connectivity index (χ3n) is 1.48. The highest BCUT2D eigenvalue weighted by Gasteiger charge is 2.14. The summed E-state index contributed by atoms with van der Waals surface area (Å²) in [7, 11) is 1.59. The predicted molar refractivity (Wildman–Crippen MR) is 40.5 cm³/mol. The summed E-state index contributed by atoms with van der Waals surface area (Å²) in [5.41, 5.74) is 0. The van der Waals surface area contributed by atoms with E-state index in [4.69, 9.17) is 5.11 Å². The molecule has 0 aliphatic heterocycles. The fourth-order valence-corrected chi connectivity index (χ4v) is 0.807. The van der Waals surface area contributed by atoms with Crippen molar-refractivity contribution in [3.63, 3.8) is 0 Å². The van der Waals surface area contributed by atoms with Gasteiger partial charge in [-0.25, -0.2) is 4.98 Å². The van der Waals surface area contributed by atoms with Gasteiger partial charge in [0.1, 0.15) is 18.7 Å². The van der Waals surface area contributed by atoms with Gasteiger partial charge < -0.3 is 10.4 Å². The standard InChI is InChI=1S/C6H10N4O2/c1-7-5(6(11)12)2-10-4-8-3-9-10/h3-5,7H,2H2,1H3,(H,11,12). The van der Waals surface area contributed by atoms with E-state index in [-0.39, 0.29) is 6.54 Å². The molecule has 0 amide bonds. The summed E-state index contributed by atoms with van der Waals surface area (Å²) in [5, 5.41) is 15.1. The summed E-state index contributed by atoms with van der Waals surface area (Å²) in [5.74, 6) is -0.895. The average molecular weight is 170 g/mol. The number of carbonyl (C=O) groups is 1. The molecule has 1 heterocycles. The van der Waals surface area contributed by atoms with Crippen molar-refractivity contribution in [3.05, 3.63) is 12.7 Å². The summed E-state index contributed by atoms with van der Waals surface area (Å²) in [6, 6.07) is -0.619. The van der Waals surface area contributed by atoms with Crippen LogP contribution in [0, 0.1) is 0 Å². The maximum absolute atomic E-state index is 10.5. The number of aromatic nitrogens is 3. The van der Waals surface area contributed by atoms with Crippen molar-refractivity contribution in [2.24, 2.45) is 0 Å². The average Bonchev–Trinajstić information content (AvgIpc) is 2.51. The molecular weight excluding hydrogens is 160 g/mol. The smallest absolute Gasteiger partial charge is 0.322 e. The van der Waals surface area contributed by atoms with Gasteiger partial charge >= 0.3 is 5.97 Å². The predicted octanol–water partition coefficient (Wildman–Crippen LogP) is -1.05. The zero-order valence-electron chi connectivity index (χ0n) is 6.64. The molecule has 6 heteroatoms. The topological polar surface area (TPSA) is 80.0 Å². The number of rotatable bonds is 4. The molecule has 1 aromatic heterocycles. The van der Waals surface area contributed by atoms with Crippen molar-refractivity contribution < 1.29 is 9.90 Å². The molecule has 6 nitrogen and oxygen atoms in total. The van der Waals surface area contributed by atoms with Gasteiger partial charge in [-0.1, -0.05) is 0 Å². The van der Waals surface area contributed by atoms with E-state index >= 15 is 0 Å². The number of carboxylic acid groups (broad SMARTS) is 1. The Hall–Kier alpha value is -1.43. The Morgan fingerprint density at radius 3 is 3.00 bits per heavy atom. The molecule has 0 saturated carbocycles. The van der Waals surface area contributed by atoms with Gasteiger partial charge in [0.25, 0.3) is 0 Å². The monoisotopic (exact) mass is 170 g/mol. The van der Waals surface area contributed by atoms with E-state index in [1.165, 1.54) is 17.3 Å². The van der Waals surface area contributed by atoms with Crippen LogP contribution < -0.4 is 5.32 Å². The molecule has 1 aromatic rings. The van der Waals surface area contributed by atoms with Crippen molar-refractivity contribution >= 4 is 5.97 Å². The van der Waals surface area contributed by atoms with Crippen LogP contribution in [0.4, 0.5) is 0 Å². The number of likely N-dealkylation sites (N-methyl/N-ethyl adjacent to an activating group) is 1. The minimum Gasteiger partial charge on any atom is -0.480 e. The number of nitrogens with one attached hydrogen (secondary N) is 1. The zero-order chi connectivity index (χ0) is 8.97. The Balaban J connectivity index is 2.54. The lowest BCUT2D eigenvalue weighted by atomic mass is 10.3. The molecule has 1 rings (SSSR count). The Bertz CT molecular complexity index is 246. The molecule has 0 spiro atoms. The molecule has 2 N–H and O–H groups in total. The first-order valence-corrected chi connectivity index (χ1v) is 3.46. The van der Waals surface area contributed by atoms with Crippen molar-refractivity contribution in [1.29, 1.82) is 0 Å². The minimum absolute atomic E-state index is 0.284. The lowest BCUT2D eigenvalue weighted by Gasteiger charge is -2.09. The molecule has 66 valence electrons. The number of carboxylic acids is 1. The second kappa shape index (κ2) is 3.82. The van der Waals surface area contributed by atoms with E-state index in [9.17, 15) is 4.79 Å². The van der Waals surface area contributed by atoms with Crippen LogP contribution in [0.15, 0.2) is 12.7 Å². The minimum atomic E-state index is -0.895. The first-order valence-electron chi connectivity index (χ1n) is 3.46. The summed E-state index contributed by atoms with van der Waals surface area (Å²) < 4.78 is 1.47. The fraction of sp³-hybridized carbons (Fsp3) is 0.500. The number of aliphatic carboxylic acids is 1. The van der Waals surface area contributed by atoms with Gasteiger partial charge in [0.05, 0.1) is 6.54 Å². The summed E-state index contributed by atoms with van der Waals surface area (Å²) in [4.78, 5) is 14.2. The summed E-state index contributed by atoms with van der Waals surface area (Å²) in [6.07, 6.45) is 2.85. The molecular formula is C6H10N4O2. The normalized spacial score (nSPS) is 12.8. The van der Waals surface area contributed by atoms with E-state index in [2.05, 4.69) is 15.4 Å². The highest BCUT2D eigenvalue weighted by atomic mass is 16.4. The third kappa shape index (κ3) is 2.03. The first kappa shape index (κ1) is 8.66. The van der Waals surface area contributed by atoms with E-state index in [1.807, 2.05) is 0 Å². The molecule has 0 radical (unpaired) electrons. The Morgan fingerprint density at radius 1 is 1.83 bits per heavy atom. The SMILES string of the molecule is CNC(Cn1cncn1)C(=O)O. The lowest BCUT2D eigenvalue weighted by Crippen LogP contribution is -2.37. The molecule has 0 bridgehead atoms. The first-order chi connectivity index (χ1) is 5.74. The third-order valence-corrected chi connectivity index (χ3v) is 1.48. The van der Waals surface area contributed by atoms with E-state index in [0.29, 0.717) is 0 Å². The fourth-order valence-electron chi connectivity index (χ4n) is 0.807. The van der Waals surface area contributed by atoms with Crippen LogP contribution in [0.5, 0.6) is 0 Å². The number of hydrogen-bond donors (Lipinski definition) is 2. The van der Waals surface area contributed by atoms with Gasteiger partial charge in [0.2, 0.25) is 0 Å². The lowest BCUT2D eigenvalue weighted by molar-refractivity contribution is -0.139. The Morgan fingerprint density at radius 2 is 2.58 bits per heavy atom. The van der Waals surface area contributed by atoms with E-state index < -0.39 is 12.0 Å². The molecule has 0 aliphatic rings. The van der Waals surface area contributed by atoms with E-state index in [1.54, 1.807) is 7.05 Å². The Kier molecular flexibility index (Phi) is 2.76. The van der Waals surface area contributed by atoms with Crippen LogP contribution in [-0.2, 0) is 11.3 Å². The largest absolute Gasteiger partial charge is 0.480 e. The zero-order valence-corrected chi connectivity index (χ0v) is 6.64. The van der Waals surface area contributed by atoms with Gasteiger partial charge in [0, 0.05) is 0 Å². The highest BCUT2D eigenvalue weighted by Crippen LogP contribution is 1.88. The van der Waals surface area contributed by atoms with Gasteiger partial charge in [-0.05, 0) is 7.05 Å². The van der Waals surface area contributed by atoms with Gasteiger partial charge in [-0.2, -0.15) is 5.10 Å². The quantitative estimate of drug-likeness (QED) is 0.602. The highest BCUT2D eigenvalue weighted by molar-refractivity contribution is 5.73. The van der Waals surface area contributed by atoms with Crippen molar-refractivity contribution in [2.75, 3.05) is 7.05 Å². The number of nitrogens with zero attached hydrogens (tertiary/aromatic N) is 3. The molecule has 0 fully saturated rings. The molecule has 1 unspecified atom stereocenters. The van der Waals surface area contributed by atoms with Crippen molar-refractivity contribution in [1.82, 2.24) is 20.1 Å². The summed E-state index contributed by atoms with van der Waals surface area (Å²) >= 11 is 0. The van der Waals surface area contributed by atoms with Gasteiger partial charge in [-0.3, -0.25) is 9.48 Å². The van der Waals surface area contributed by atoms with Crippen LogP contribution in [0.2, 0.25) is 0 Å². The number of hydrogen-bond acceptors (Lipinski definition) is 4. The van der Waals surface area contributed by atoms with Crippen molar-refractivity contribution in [2.45, 2.75) is 12.6 Å². The molecule has 0 aliphatic carbocycles. The molecule has 12 heavy (non-hydrogen) atoms. The molecule has 1 atom stereocenters. The molecule has 0 saturated heterocycles. The second-order valence-corrected chi connectivity index (χ2v) is 2.30. The maximum Gasteiger partial charge on any atom is 0.322 e. The van der Waals surface area contributed by atoms with Crippen LogP contribution in [0.1, 0.15) is 0 Å². The molecule has 0 aromatic carbocycles. The van der Waals surface area contributed by atoms with Gasteiger partial charge in [0.15, 0.2) is 0 Å². The Labute approximate surface area is 69.2 Å². The van der Waals surface area contributed by atoms with Crippen LogP contribution in [-0.4, -0.2) is 38.9 Å². The second-order valence-electron chi connectivity index (χ2n) is 2.30. The summed E-state index contributed by atoms with van der Waals surface area (Å²) in [6.45, 7) is 0.284. The maximum atomic E-state index is 10.5. The van der Waals surface area contributed by atoms with Crippen molar-refractivity contribution in [3.8, 4) is 0 Å². The van der Waals surface area contributed by atoms with Crippen LogP contribution in [0.3, 0.4) is 0 Å². The van der Waals surface area contributed by atoms with Crippen LogP contribution in [0.25, 0.3) is 0 Å². The van der Waals surface area contributed by atoms with Crippen LogP contribution >= 0.6 is 0 Å². The van der Waals surface area contributed by atoms with E-state index in [0.717, 1.165) is 0 Å².